The van der Waals surface area contributed by atoms with E-state index in [4.69, 9.17) is 9.15 Å². The number of furan rings is 1. The van der Waals surface area contributed by atoms with Crippen molar-refractivity contribution in [2.75, 3.05) is 19.7 Å². The molecular formula is C15H22N2O4. The number of carbonyl (C=O) groups excluding carboxylic acids is 2. The monoisotopic (exact) mass is 294 g/mol. The van der Waals surface area contributed by atoms with E-state index < -0.39 is 0 Å². The van der Waals surface area contributed by atoms with Gasteiger partial charge in [0.15, 0.2) is 0 Å². The topological polar surface area (TPSA) is 71.8 Å². The Bertz CT molecular complexity index is 516. The first-order chi connectivity index (χ1) is 10.0. The van der Waals surface area contributed by atoms with Crippen molar-refractivity contribution in [1.82, 2.24) is 10.2 Å². The maximum absolute atomic E-state index is 12.2. The van der Waals surface area contributed by atoms with E-state index in [9.17, 15) is 9.59 Å². The average molecular weight is 294 g/mol. The summed E-state index contributed by atoms with van der Waals surface area (Å²) >= 11 is 0. The minimum Gasteiger partial charge on any atom is -0.466 e. The molecule has 1 aliphatic heterocycles. The number of amides is 2. The summed E-state index contributed by atoms with van der Waals surface area (Å²) < 4.78 is 10.3. The lowest BCUT2D eigenvalue weighted by atomic mass is 10.0. The van der Waals surface area contributed by atoms with Gasteiger partial charge in [0.25, 0.3) is 5.91 Å². The summed E-state index contributed by atoms with van der Waals surface area (Å²) in [5.41, 5.74) is 0.584. The normalized spacial score (nSPS) is 15.9. The summed E-state index contributed by atoms with van der Waals surface area (Å²) in [5.74, 6) is 1.25. The van der Waals surface area contributed by atoms with Gasteiger partial charge in [-0.1, -0.05) is 0 Å². The zero-order valence-electron chi connectivity index (χ0n) is 12.8. The third-order valence-electron chi connectivity index (χ3n) is 3.64. The van der Waals surface area contributed by atoms with E-state index in [1.165, 1.54) is 0 Å². The Morgan fingerprint density at radius 2 is 2.05 bits per heavy atom. The molecule has 1 aromatic heterocycles. The van der Waals surface area contributed by atoms with Gasteiger partial charge in [0.2, 0.25) is 0 Å². The molecule has 2 amide bonds. The van der Waals surface area contributed by atoms with Gasteiger partial charge >= 0.3 is 6.09 Å². The molecule has 0 unspecified atom stereocenters. The molecule has 0 bridgehead atoms. The average Bonchev–Trinajstić information content (AvgIpc) is 2.79. The van der Waals surface area contributed by atoms with Gasteiger partial charge in [-0.2, -0.15) is 0 Å². The molecule has 21 heavy (non-hydrogen) atoms. The van der Waals surface area contributed by atoms with Crippen LogP contribution in [0.4, 0.5) is 4.79 Å². The van der Waals surface area contributed by atoms with Gasteiger partial charge in [0.1, 0.15) is 11.5 Å². The van der Waals surface area contributed by atoms with Crippen molar-refractivity contribution in [2.45, 2.75) is 39.7 Å². The van der Waals surface area contributed by atoms with Crippen LogP contribution in [-0.2, 0) is 4.74 Å². The van der Waals surface area contributed by atoms with Crippen molar-refractivity contribution in [2.24, 2.45) is 0 Å². The maximum Gasteiger partial charge on any atom is 0.409 e. The molecule has 0 aromatic carbocycles. The molecule has 1 fully saturated rings. The highest BCUT2D eigenvalue weighted by atomic mass is 16.6. The summed E-state index contributed by atoms with van der Waals surface area (Å²) in [7, 11) is 0. The van der Waals surface area contributed by atoms with E-state index in [-0.39, 0.29) is 18.0 Å². The Labute approximate surface area is 124 Å². The van der Waals surface area contributed by atoms with Crippen LogP contribution in [0.3, 0.4) is 0 Å². The molecule has 2 heterocycles. The molecular weight excluding hydrogens is 272 g/mol. The molecule has 116 valence electrons. The van der Waals surface area contributed by atoms with Crippen molar-refractivity contribution in [3.63, 3.8) is 0 Å². The van der Waals surface area contributed by atoms with Crippen molar-refractivity contribution < 1.29 is 18.7 Å². The maximum atomic E-state index is 12.2. The van der Waals surface area contributed by atoms with Crippen LogP contribution < -0.4 is 5.32 Å². The molecule has 1 aliphatic rings. The molecule has 0 atom stereocenters. The molecule has 1 N–H and O–H groups in total. The molecule has 0 saturated carbocycles. The van der Waals surface area contributed by atoms with Crippen LogP contribution in [0, 0.1) is 13.8 Å². The second-order valence-corrected chi connectivity index (χ2v) is 5.26. The van der Waals surface area contributed by atoms with E-state index >= 15 is 0 Å². The van der Waals surface area contributed by atoms with Gasteiger partial charge in [-0.15, -0.1) is 0 Å². The van der Waals surface area contributed by atoms with Gasteiger partial charge < -0.3 is 19.4 Å². The first-order valence-electron chi connectivity index (χ1n) is 7.30. The highest BCUT2D eigenvalue weighted by molar-refractivity contribution is 5.95. The standard InChI is InChI=1S/C15H22N2O4/c1-4-20-15(19)17-7-5-12(6-8-17)16-14(18)13-9-10(2)21-11(13)3/h9,12H,4-8H2,1-3H3,(H,16,18). The smallest absolute Gasteiger partial charge is 0.409 e. The SMILES string of the molecule is CCOC(=O)N1CCC(NC(=O)c2cc(C)oc2C)CC1. The lowest BCUT2D eigenvalue weighted by Gasteiger charge is -2.31. The number of likely N-dealkylation sites (tertiary alicyclic amines) is 1. The Hall–Kier alpha value is -1.98. The number of aryl methyl sites for hydroxylation is 2. The molecule has 1 saturated heterocycles. The van der Waals surface area contributed by atoms with Crippen LogP contribution in [0.25, 0.3) is 0 Å². The minimum absolute atomic E-state index is 0.0813. The summed E-state index contributed by atoms with van der Waals surface area (Å²) in [5, 5.41) is 3.00. The van der Waals surface area contributed by atoms with Gasteiger partial charge in [-0.25, -0.2) is 4.79 Å². The molecule has 0 spiro atoms. The predicted octanol–water partition coefficient (Wildman–Crippen LogP) is 2.25. The summed E-state index contributed by atoms with van der Waals surface area (Å²) in [6.07, 6.45) is 1.20. The molecule has 6 heteroatoms. The lowest BCUT2D eigenvalue weighted by molar-refractivity contribution is 0.0859. The molecule has 2 rings (SSSR count). The van der Waals surface area contributed by atoms with Crippen LogP contribution in [0.1, 0.15) is 41.6 Å². The second-order valence-electron chi connectivity index (χ2n) is 5.26. The van der Waals surface area contributed by atoms with Crippen LogP contribution in [0.15, 0.2) is 10.5 Å². The van der Waals surface area contributed by atoms with Gasteiger partial charge in [-0.3, -0.25) is 4.79 Å². The fourth-order valence-corrected chi connectivity index (χ4v) is 2.54. The van der Waals surface area contributed by atoms with Crippen molar-refractivity contribution in [3.8, 4) is 0 Å². The third-order valence-corrected chi connectivity index (χ3v) is 3.64. The Kier molecular flexibility index (Phi) is 4.88. The number of rotatable bonds is 3. The molecule has 1 aromatic rings. The zero-order valence-corrected chi connectivity index (χ0v) is 12.8. The van der Waals surface area contributed by atoms with Crippen LogP contribution in [0.2, 0.25) is 0 Å². The van der Waals surface area contributed by atoms with Crippen LogP contribution in [-0.4, -0.2) is 42.6 Å². The Morgan fingerprint density at radius 3 is 2.57 bits per heavy atom. The van der Waals surface area contributed by atoms with Crippen molar-refractivity contribution >= 4 is 12.0 Å². The first kappa shape index (κ1) is 15.4. The second kappa shape index (κ2) is 6.65. The number of hydrogen-bond donors (Lipinski definition) is 1. The van der Waals surface area contributed by atoms with Gasteiger partial charge in [-0.05, 0) is 39.7 Å². The number of nitrogens with zero attached hydrogens (tertiary/aromatic N) is 1. The Morgan fingerprint density at radius 1 is 1.38 bits per heavy atom. The van der Waals surface area contributed by atoms with E-state index in [0.717, 1.165) is 18.6 Å². The quantitative estimate of drug-likeness (QED) is 0.928. The number of nitrogens with one attached hydrogen (secondary N) is 1. The third kappa shape index (κ3) is 3.77. The largest absolute Gasteiger partial charge is 0.466 e. The number of carbonyl (C=O) groups is 2. The van der Waals surface area contributed by atoms with Crippen molar-refractivity contribution in [3.05, 3.63) is 23.2 Å². The Balaban J connectivity index is 1.85. The molecule has 0 aliphatic carbocycles. The summed E-state index contributed by atoms with van der Waals surface area (Å²) in [6.45, 7) is 6.99. The number of ether oxygens (including phenoxy) is 1. The van der Waals surface area contributed by atoms with Crippen LogP contribution in [0.5, 0.6) is 0 Å². The first-order valence-corrected chi connectivity index (χ1v) is 7.30. The highest BCUT2D eigenvalue weighted by Crippen LogP contribution is 2.16. The zero-order chi connectivity index (χ0) is 15.4. The molecule has 0 radical (unpaired) electrons. The predicted molar refractivity (Wildman–Crippen MR) is 77.3 cm³/mol. The van der Waals surface area contributed by atoms with E-state index in [1.54, 1.807) is 24.8 Å². The molecule has 6 nitrogen and oxygen atoms in total. The van der Waals surface area contributed by atoms with Crippen molar-refractivity contribution in [1.29, 1.82) is 0 Å². The van der Waals surface area contributed by atoms with E-state index in [1.807, 2.05) is 6.92 Å². The fraction of sp³-hybridized carbons (Fsp3) is 0.600. The van der Waals surface area contributed by atoms with E-state index in [2.05, 4.69) is 5.32 Å². The van der Waals surface area contributed by atoms with E-state index in [0.29, 0.717) is 31.0 Å². The number of piperidine rings is 1. The number of hydrogen-bond acceptors (Lipinski definition) is 4. The van der Waals surface area contributed by atoms with Crippen LogP contribution >= 0.6 is 0 Å². The summed E-state index contributed by atoms with van der Waals surface area (Å²) in [6, 6.07) is 1.83. The van der Waals surface area contributed by atoms with Gasteiger partial charge in [0, 0.05) is 19.1 Å². The van der Waals surface area contributed by atoms with Gasteiger partial charge in [0.05, 0.1) is 12.2 Å². The lowest BCUT2D eigenvalue weighted by Crippen LogP contribution is -2.46. The summed E-state index contributed by atoms with van der Waals surface area (Å²) in [4.78, 5) is 25.5. The highest BCUT2D eigenvalue weighted by Gasteiger charge is 2.25. The minimum atomic E-state index is -0.274. The fourth-order valence-electron chi connectivity index (χ4n) is 2.54.